The highest BCUT2D eigenvalue weighted by molar-refractivity contribution is 7.89. The van der Waals surface area contributed by atoms with Gasteiger partial charge in [0.25, 0.3) is 0 Å². The molecule has 0 unspecified atom stereocenters. The van der Waals surface area contributed by atoms with Crippen LogP contribution in [0.2, 0.25) is 5.02 Å². The minimum Gasteiger partial charge on any atom is -0.406 e. The molecule has 158 valence electrons. The smallest absolute Gasteiger partial charge is 0.406 e. The van der Waals surface area contributed by atoms with Gasteiger partial charge in [-0.15, -0.1) is 13.2 Å². The summed E-state index contributed by atoms with van der Waals surface area (Å²) in [5.41, 5.74) is -1.07. The molecule has 0 aromatic heterocycles. The van der Waals surface area contributed by atoms with Crippen molar-refractivity contribution in [2.24, 2.45) is 0 Å². The molecule has 5 nitrogen and oxygen atoms in total. The summed E-state index contributed by atoms with van der Waals surface area (Å²) in [6, 6.07) is 7.82. The summed E-state index contributed by atoms with van der Waals surface area (Å²) in [4.78, 5) is -0.265. The zero-order chi connectivity index (χ0) is 21.3. The Hall–Kier alpha value is -1.88. The lowest BCUT2D eigenvalue weighted by Crippen LogP contribution is -2.52. The summed E-state index contributed by atoms with van der Waals surface area (Å²) < 4.78 is 83.6. The van der Waals surface area contributed by atoms with E-state index in [0.717, 1.165) is 30.3 Å². The molecule has 0 aliphatic carbocycles. The van der Waals surface area contributed by atoms with Gasteiger partial charge in [-0.25, -0.2) is 17.5 Å². The van der Waals surface area contributed by atoms with Crippen LogP contribution >= 0.6 is 11.6 Å². The molecular formula is C18H17ClF4N2O3S. The quantitative estimate of drug-likeness (QED) is 0.674. The van der Waals surface area contributed by atoms with Gasteiger partial charge in [0.15, 0.2) is 0 Å². The number of alkyl halides is 3. The number of hydrogen-bond donors (Lipinski definition) is 2. The number of hydrogen-bond acceptors (Lipinski definition) is 4. The predicted molar refractivity (Wildman–Crippen MR) is 98.6 cm³/mol. The van der Waals surface area contributed by atoms with Crippen LogP contribution in [0.5, 0.6) is 5.75 Å². The Morgan fingerprint density at radius 2 is 1.69 bits per heavy atom. The molecular weight excluding hydrogens is 436 g/mol. The predicted octanol–water partition coefficient (Wildman–Crippen LogP) is 3.93. The molecule has 1 saturated heterocycles. The Morgan fingerprint density at radius 3 is 2.24 bits per heavy atom. The first kappa shape index (κ1) is 21.8. The third kappa shape index (κ3) is 5.19. The van der Waals surface area contributed by atoms with Crippen molar-refractivity contribution in [2.45, 2.75) is 29.6 Å². The Labute approximate surface area is 170 Å². The van der Waals surface area contributed by atoms with Crippen molar-refractivity contribution in [2.75, 3.05) is 13.1 Å². The highest BCUT2D eigenvalue weighted by Crippen LogP contribution is 2.35. The van der Waals surface area contributed by atoms with Gasteiger partial charge in [0.05, 0.1) is 10.4 Å². The first-order valence-electron chi connectivity index (χ1n) is 8.57. The Balaban J connectivity index is 1.93. The summed E-state index contributed by atoms with van der Waals surface area (Å²) in [6.45, 7) is 0.895. The molecule has 2 N–H and O–H groups in total. The second-order valence-corrected chi connectivity index (χ2v) is 8.70. The molecule has 1 aliphatic rings. The van der Waals surface area contributed by atoms with E-state index < -0.39 is 33.5 Å². The highest BCUT2D eigenvalue weighted by Gasteiger charge is 2.40. The number of piperidine rings is 1. The molecule has 1 heterocycles. The highest BCUT2D eigenvalue weighted by atomic mass is 35.5. The van der Waals surface area contributed by atoms with Crippen molar-refractivity contribution in [3.63, 3.8) is 0 Å². The lowest BCUT2D eigenvalue weighted by molar-refractivity contribution is -0.274. The van der Waals surface area contributed by atoms with Gasteiger partial charge in [-0.1, -0.05) is 17.7 Å². The van der Waals surface area contributed by atoms with Gasteiger partial charge < -0.3 is 10.1 Å². The van der Waals surface area contributed by atoms with Crippen molar-refractivity contribution in [3.05, 3.63) is 58.9 Å². The van der Waals surface area contributed by atoms with E-state index >= 15 is 0 Å². The van der Waals surface area contributed by atoms with Gasteiger partial charge in [-0.05, 0) is 62.3 Å². The number of rotatable bonds is 5. The fourth-order valence-corrected chi connectivity index (χ4v) is 4.89. The maximum atomic E-state index is 14.6. The normalized spacial score (nSPS) is 17.1. The van der Waals surface area contributed by atoms with Gasteiger partial charge in [-0.2, -0.15) is 0 Å². The number of sulfonamides is 1. The third-order valence-corrected chi connectivity index (χ3v) is 6.39. The van der Waals surface area contributed by atoms with E-state index in [1.807, 2.05) is 0 Å². The summed E-state index contributed by atoms with van der Waals surface area (Å²) >= 11 is 5.81. The molecule has 11 heteroatoms. The van der Waals surface area contributed by atoms with Crippen LogP contribution < -0.4 is 14.8 Å². The summed E-state index contributed by atoms with van der Waals surface area (Å²) in [7, 11) is -4.17. The van der Waals surface area contributed by atoms with Crippen molar-refractivity contribution in [1.29, 1.82) is 0 Å². The molecule has 1 aliphatic heterocycles. The second-order valence-electron chi connectivity index (χ2n) is 6.58. The second kappa shape index (κ2) is 8.10. The molecule has 29 heavy (non-hydrogen) atoms. The van der Waals surface area contributed by atoms with Crippen LogP contribution in [-0.2, 0) is 15.6 Å². The minimum atomic E-state index is -4.89. The fraction of sp³-hybridized carbons (Fsp3) is 0.333. The van der Waals surface area contributed by atoms with Crippen LogP contribution in [0.25, 0.3) is 0 Å². The first-order valence-corrected chi connectivity index (χ1v) is 10.4. The van der Waals surface area contributed by atoms with Crippen molar-refractivity contribution in [1.82, 2.24) is 10.0 Å². The van der Waals surface area contributed by atoms with E-state index in [2.05, 4.69) is 14.8 Å². The summed E-state index contributed by atoms with van der Waals surface area (Å²) in [6.07, 6.45) is -4.33. The molecule has 0 spiro atoms. The molecule has 2 aromatic rings. The molecule has 0 radical (unpaired) electrons. The monoisotopic (exact) mass is 452 g/mol. The topological polar surface area (TPSA) is 67.4 Å². The fourth-order valence-electron chi connectivity index (χ4n) is 3.29. The van der Waals surface area contributed by atoms with E-state index in [-0.39, 0.29) is 28.3 Å². The van der Waals surface area contributed by atoms with Crippen LogP contribution in [0, 0.1) is 5.82 Å². The van der Waals surface area contributed by atoms with Crippen molar-refractivity contribution in [3.8, 4) is 5.75 Å². The summed E-state index contributed by atoms with van der Waals surface area (Å²) in [5.74, 6) is -1.19. The lowest BCUT2D eigenvalue weighted by atomic mass is 9.82. The molecule has 1 fully saturated rings. The number of ether oxygens (including phenoxy) is 1. The average molecular weight is 453 g/mol. The van der Waals surface area contributed by atoms with Crippen LogP contribution in [-0.4, -0.2) is 27.9 Å². The van der Waals surface area contributed by atoms with E-state index in [0.29, 0.717) is 13.1 Å². The van der Waals surface area contributed by atoms with E-state index in [1.54, 1.807) is 0 Å². The van der Waals surface area contributed by atoms with Gasteiger partial charge in [0.1, 0.15) is 11.6 Å². The summed E-state index contributed by atoms with van der Waals surface area (Å²) in [5, 5.41) is 3.27. The molecule has 0 atom stereocenters. The van der Waals surface area contributed by atoms with Gasteiger partial charge >= 0.3 is 6.36 Å². The zero-order valence-corrected chi connectivity index (χ0v) is 16.5. The van der Waals surface area contributed by atoms with Gasteiger partial charge in [0, 0.05) is 10.6 Å². The molecule has 3 rings (SSSR count). The number of halogens is 5. The minimum absolute atomic E-state index is 0.156. The Kier molecular flexibility index (Phi) is 6.09. The molecule has 0 amide bonds. The van der Waals surface area contributed by atoms with Crippen molar-refractivity contribution < 1.29 is 30.7 Å². The van der Waals surface area contributed by atoms with Crippen LogP contribution in [0.4, 0.5) is 17.6 Å². The van der Waals surface area contributed by atoms with Gasteiger partial charge in [-0.3, -0.25) is 0 Å². The molecule has 2 aromatic carbocycles. The average Bonchev–Trinajstić information content (AvgIpc) is 2.61. The lowest BCUT2D eigenvalue weighted by Gasteiger charge is -2.38. The maximum absolute atomic E-state index is 14.6. The first-order chi connectivity index (χ1) is 13.5. The Bertz CT molecular complexity index is 976. The Morgan fingerprint density at radius 1 is 1.07 bits per heavy atom. The molecule has 0 saturated carbocycles. The number of benzene rings is 2. The van der Waals surface area contributed by atoms with Crippen LogP contribution in [0.15, 0.2) is 47.4 Å². The zero-order valence-electron chi connectivity index (χ0n) is 14.9. The van der Waals surface area contributed by atoms with E-state index in [9.17, 15) is 26.0 Å². The number of nitrogens with one attached hydrogen (secondary N) is 2. The van der Waals surface area contributed by atoms with Gasteiger partial charge in [0.2, 0.25) is 10.0 Å². The largest absolute Gasteiger partial charge is 0.573 e. The maximum Gasteiger partial charge on any atom is 0.573 e. The van der Waals surface area contributed by atoms with E-state index in [1.165, 1.54) is 12.1 Å². The molecule has 0 bridgehead atoms. The van der Waals surface area contributed by atoms with Crippen LogP contribution in [0.1, 0.15) is 18.4 Å². The SMILES string of the molecule is O=S(=O)(NC1(c2ccc(Cl)cc2F)CCNCC1)c1ccc(OC(F)(F)F)cc1. The van der Waals surface area contributed by atoms with E-state index in [4.69, 9.17) is 11.6 Å². The standard InChI is InChI=1S/C18H17ClF4N2O3S/c19-12-1-6-15(16(20)11-12)17(7-9-24-10-8-17)25-29(26,27)14-4-2-13(3-5-14)28-18(21,22)23/h1-6,11,24-25H,7-10H2. The van der Waals surface area contributed by atoms with Crippen molar-refractivity contribution >= 4 is 21.6 Å². The van der Waals surface area contributed by atoms with Crippen LogP contribution in [0.3, 0.4) is 0 Å². The third-order valence-electron chi connectivity index (χ3n) is 4.60.